The summed E-state index contributed by atoms with van der Waals surface area (Å²) in [6.45, 7) is 0. The van der Waals surface area contributed by atoms with E-state index < -0.39 is 0 Å². The van der Waals surface area contributed by atoms with E-state index in [1.807, 2.05) is 24.3 Å². The monoisotopic (exact) mass is 742 g/mol. The van der Waals surface area contributed by atoms with Gasteiger partial charge < -0.3 is 9.80 Å². The third-order valence-corrected chi connectivity index (χ3v) is 13.2. The molecule has 0 radical (unpaired) electrons. The Morgan fingerprint density at radius 2 is 0.759 bits per heavy atom. The van der Waals surface area contributed by atoms with Gasteiger partial charge in [0.2, 0.25) is 0 Å². The summed E-state index contributed by atoms with van der Waals surface area (Å²) in [5.74, 6) is -0.301. The van der Waals surface area contributed by atoms with Crippen LogP contribution in [0.25, 0.3) is 22.3 Å². The first-order chi connectivity index (χ1) is 26.6. The summed E-state index contributed by atoms with van der Waals surface area (Å²) in [7, 11) is 0. The van der Waals surface area contributed by atoms with Gasteiger partial charge >= 0.3 is 0 Å². The molecule has 2 aliphatic heterocycles. The highest BCUT2D eigenvalue weighted by molar-refractivity contribution is 8.00. The Morgan fingerprint density at radius 3 is 1.13 bits per heavy atom. The molecule has 10 rings (SSSR count). The van der Waals surface area contributed by atoms with Crippen LogP contribution in [0, 0.1) is 11.6 Å². The largest absolute Gasteiger partial charge is 0.308 e. The Labute approximate surface area is 323 Å². The Hall–Kier alpha value is -5.30. The van der Waals surface area contributed by atoms with E-state index in [2.05, 4.69) is 113 Å². The number of benzene rings is 7. The normalized spacial score (nSPS) is 14.9. The molecule has 0 unspecified atom stereocenters. The van der Waals surface area contributed by atoms with Crippen molar-refractivity contribution in [2.24, 2.45) is 0 Å². The van der Waals surface area contributed by atoms with E-state index in [4.69, 9.17) is 0 Å². The van der Waals surface area contributed by atoms with Gasteiger partial charge in [-0.25, -0.2) is 8.78 Å². The van der Waals surface area contributed by atoms with E-state index in [1.165, 1.54) is 31.6 Å². The molecule has 0 bridgehead atoms. The van der Waals surface area contributed by atoms with Gasteiger partial charge in [0.15, 0.2) is 0 Å². The topological polar surface area (TPSA) is 6.48 Å². The van der Waals surface area contributed by atoms with Crippen molar-refractivity contribution < 1.29 is 8.78 Å². The van der Waals surface area contributed by atoms with Gasteiger partial charge in [-0.2, -0.15) is 0 Å². The molecule has 264 valence electrons. The molecule has 0 amide bonds. The maximum absolute atomic E-state index is 14.8. The number of halogens is 2. The van der Waals surface area contributed by atoms with Gasteiger partial charge in [-0.3, -0.25) is 0 Å². The van der Waals surface area contributed by atoms with Gasteiger partial charge in [0.25, 0.3) is 0 Å². The number of hydrogen-bond acceptors (Lipinski definition) is 4. The predicted molar refractivity (Wildman–Crippen MR) is 221 cm³/mol. The zero-order chi connectivity index (χ0) is 36.2. The van der Waals surface area contributed by atoms with Crippen molar-refractivity contribution in [1.82, 2.24) is 0 Å². The Kier molecular flexibility index (Phi) is 8.53. The molecule has 0 N–H and O–H groups in total. The predicted octanol–water partition coefficient (Wildman–Crippen LogP) is 15.2. The second-order valence-electron chi connectivity index (χ2n) is 14.2. The summed E-state index contributed by atoms with van der Waals surface area (Å²) >= 11 is 3.58. The summed E-state index contributed by atoms with van der Waals surface area (Å²) in [6.07, 6.45) is 5.55. The van der Waals surface area contributed by atoms with Crippen molar-refractivity contribution in [3.63, 3.8) is 0 Å². The average molecular weight is 743 g/mol. The summed E-state index contributed by atoms with van der Waals surface area (Å²) in [5, 5.41) is 0. The van der Waals surface area contributed by atoms with Crippen LogP contribution in [0.2, 0.25) is 0 Å². The molecular formula is C48H36F2N2S2. The van der Waals surface area contributed by atoms with Gasteiger partial charge in [-0.1, -0.05) is 116 Å². The molecule has 6 heteroatoms. The van der Waals surface area contributed by atoms with Gasteiger partial charge in [-0.05, 0) is 114 Å². The van der Waals surface area contributed by atoms with Gasteiger partial charge in [-0.15, -0.1) is 0 Å². The summed E-state index contributed by atoms with van der Waals surface area (Å²) < 4.78 is 29.6. The molecule has 0 aromatic heterocycles. The van der Waals surface area contributed by atoms with E-state index in [9.17, 15) is 8.78 Å². The number of hydrogen-bond donors (Lipinski definition) is 0. The standard InChI is InChI=1S/C48H36F2N2S2/c49-34-26-22-32(23-27-34)46-40(51-36-14-4-8-18-42(36)53-43-19-9-5-15-37(43)51)30-41(52-38-16-6-10-20-44(38)54-45-21-11-7-17-39(45)52)47(33-24-28-35(50)29-25-33)48(46)31-12-2-1-3-13-31/h4-11,14-31H,1-3,12-13H2. The zero-order valence-corrected chi connectivity index (χ0v) is 31.1. The van der Waals surface area contributed by atoms with E-state index in [-0.39, 0.29) is 17.6 Å². The van der Waals surface area contributed by atoms with E-state index in [0.29, 0.717) is 0 Å². The molecule has 3 aliphatic rings. The molecule has 0 atom stereocenters. The van der Waals surface area contributed by atoms with Crippen LogP contribution in [0.15, 0.2) is 171 Å². The quantitative estimate of drug-likeness (QED) is 0.173. The molecule has 0 saturated heterocycles. The minimum absolute atomic E-state index is 0.229. The van der Waals surface area contributed by atoms with E-state index >= 15 is 0 Å². The third kappa shape index (κ3) is 5.71. The highest BCUT2D eigenvalue weighted by atomic mass is 32.2. The van der Waals surface area contributed by atoms with Crippen LogP contribution in [0.1, 0.15) is 43.6 Å². The van der Waals surface area contributed by atoms with Crippen LogP contribution in [0.4, 0.5) is 42.9 Å². The SMILES string of the molecule is Fc1ccc(-c2c(N3c4ccccc4Sc4ccccc43)cc(N3c4ccccc4Sc4ccccc43)c(-c3ccc(F)cc3)c2C2CCCCC2)cc1. The maximum Gasteiger partial charge on any atom is 0.123 e. The smallest absolute Gasteiger partial charge is 0.123 e. The third-order valence-electron chi connectivity index (χ3n) is 10.9. The fourth-order valence-electron chi connectivity index (χ4n) is 8.60. The lowest BCUT2D eigenvalue weighted by Gasteiger charge is -2.40. The van der Waals surface area contributed by atoms with Gasteiger partial charge in [0.1, 0.15) is 11.6 Å². The lowest BCUT2D eigenvalue weighted by molar-refractivity contribution is 0.445. The summed E-state index contributed by atoms with van der Waals surface area (Å²) in [4.78, 5) is 9.56. The molecule has 2 nitrogen and oxygen atoms in total. The van der Waals surface area contributed by atoms with Gasteiger partial charge in [0.05, 0.1) is 34.1 Å². The molecule has 7 aromatic rings. The zero-order valence-electron chi connectivity index (χ0n) is 29.5. The summed E-state index contributed by atoms with van der Waals surface area (Å²) in [6, 6.07) is 50.9. The van der Waals surface area contributed by atoms with Crippen LogP contribution >= 0.6 is 23.5 Å². The molecule has 1 fully saturated rings. The molecular weight excluding hydrogens is 707 g/mol. The molecule has 7 aromatic carbocycles. The van der Waals surface area contributed by atoms with Crippen molar-refractivity contribution >= 4 is 57.6 Å². The minimum Gasteiger partial charge on any atom is -0.308 e. The molecule has 1 aliphatic carbocycles. The lowest BCUT2D eigenvalue weighted by Crippen LogP contribution is -2.21. The van der Waals surface area contributed by atoms with Crippen LogP contribution < -0.4 is 9.80 Å². The minimum atomic E-state index is -0.265. The molecule has 54 heavy (non-hydrogen) atoms. The first kappa shape index (κ1) is 33.3. The Morgan fingerprint density at radius 1 is 0.407 bits per heavy atom. The van der Waals surface area contributed by atoms with Crippen molar-refractivity contribution in [2.45, 2.75) is 57.6 Å². The van der Waals surface area contributed by atoms with E-state index in [1.54, 1.807) is 47.8 Å². The highest BCUT2D eigenvalue weighted by Gasteiger charge is 2.36. The number of anilines is 6. The second-order valence-corrected chi connectivity index (χ2v) is 16.3. The van der Waals surface area contributed by atoms with E-state index in [0.717, 1.165) is 82.1 Å². The van der Waals surface area contributed by atoms with Crippen LogP contribution in [-0.2, 0) is 0 Å². The van der Waals surface area contributed by atoms with Crippen LogP contribution in [0.3, 0.4) is 0 Å². The lowest BCUT2D eigenvalue weighted by atomic mass is 9.75. The highest BCUT2D eigenvalue weighted by Crippen LogP contribution is 2.60. The number of para-hydroxylation sites is 4. The Balaban J connectivity index is 1.40. The molecule has 0 spiro atoms. The summed E-state index contributed by atoms with van der Waals surface area (Å²) in [5.41, 5.74) is 11.8. The van der Waals surface area contributed by atoms with Crippen LogP contribution in [0.5, 0.6) is 0 Å². The van der Waals surface area contributed by atoms with Crippen molar-refractivity contribution in [2.75, 3.05) is 9.80 Å². The molecule has 1 saturated carbocycles. The van der Waals surface area contributed by atoms with Crippen molar-refractivity contribution in [1.29, 1.82) is 0 Å². The van der Waals surface area contributed by atoms with Gasteiger partial charge in [0, 0.05) is 30.7 Å². The first-order valence-electron chi connectivity index (χ1n) is 18.7. The molecule has 2 heterocycles. The first-order valence-corrected chi connectivity index (χ1v) is 20.3. The number of nitrogens with zero attached hydrogens (tertiary/aromatic N) is 2. The maximum atomic E-state index is 14.8. The second kappa shape index (κ2) is 13.8. The fourth-order valence-corrected chi connectivity index (χ4v) is 10.7. The number of fused-ring (bicyclic) bond motifs is 4. The Bertz CT molecular complexity index is 2270. The van der Waals surface area contributed by atoms with Crippen molar-refractivity contribution in [3.05, 3.63) is 169 Å². The van der Waals surface area contributed by atoms with Crippen molar-refractivity contribution in [3.8, 4) is 22.3 Å². The van der Waals surface area contributed by atoms with Crippen LogP contribution in [-0.4, -0.2) is 0 Å². The fraction of sp³-hybridized carbons (Fsp3) is 0.125. The average Bonchev–Trinajstić information content (AvgIpc) is 3.22. The number of rotatable bonds is 5.